The van der Waals surface area contributed by atoms with Crippen LogP contribution in [0.4, 0.5) is 11.5 Å². The normalized spacial score (nSPS) is 10.4. The first-order valence-corrected chi connectivity index (χ1v) is 5.80. The molecule has 0 fully saturated rings. The van der Waals surface area contributed by atoms with Crippen molar-refractivity contribution in [1.29, 1.82) is 0 Å². The number of amides is 1. The molecule has 1 aromatic heterocycles. The predicted molar refractivity (Wildman–Crippen MR) is 75.0 cm³/mol. The fourth-order valence-corrected chi connectivity index (χ4v) is 1.56. The molecular weight excluding hydrogens is 258 g/mol. The van der Waals surface area contributed by atoms with Gasteiger partial charge in [0.15, 0.2) is 0 Å². The van der Waals surface area contributed by atoms with Gasteiger partial charge in [0.1, 0.15) is 5.82 Å². The van der Waals surface area contributed by atoms with E-state index in [2.05, 4.69) is 10.3 Å². The van der Waals surface area contributed by atoms with Gasteiger partial charge >= 0.3 is 0 Å². The number of hydrogen-bond acceptors (Lipinski definition) is 4. The third-order valence-electron chi connectivity index (χ3n) is 2.46. The molecule has 0 spiro atoms. The second-order valence-electron chi connectivity index (χ2n) is 3.85. The van der Waals surface area contributed by atoms with Gasteiger partial charge in [0.25, 0.3) is 5.69 Å². The number of pyridine rings is 1. The molecule has 6 nitrogen and oxygen atoms in total. The van der Waals surface area contributed by atoms with E-state index in [9.17, 15) is 14.9 Å². The van der Waals surface area contributed by atoms with Crippen LogP contribution in [0.1, 0.15) is 5.56 Å². The van der Waals surface area contributed by atoms with Crippen LogP contribution in [0, 0.1) is 10.1 Å². The van der Waals surface area contributed by atoms with Gasteiger partial charge in [-0.15, -0.1) is 0 Å². The van der Waals surface area contributed by atoms with Crippen molar-refractivity contribution in [1.82, 2.24) is 4.98 Å². The van der Waals surface area contributed by atoms with Gasteiger partial charge in [-0.25, -0.2) is 4.98 Å². The number of carbonyl (C=O) groups excluding carboxylic acids is 1. The lowest BCUT2D eigenvalue weighted by atomic mass is 10.1. The third-order valence-corrected chi connectivity index (χ3v) is 2.46. The molecule has 1 aromatic carbocycles. The Morgan fingerprint density at radius 3 is 2.65 bits per heavy atom. The summed E-state index contributed by atoms with van der Waals surface area (Å²) in [5.41, 5.74) is 0.322. The van der Waals surface area contributed by atoms with E-state index in [4.69, 9.17) is 0 Å². The van der Waals surface area contributed by atoms with E-state index >= 15 is 0 Å². The third kappa shape index (κ3) is 3.49. The van der Waals surface area contributed by atoms with Gasteiger partial charge in [0, 0.05) is 18.3 Å². The molecule has 0 saturated carbocycles. The van der Waals surface area contributed by atoms with Crippen LogP contribution in [0.15, 0.2) is 54.7 Å². The van der Waals surface area contributed by atoms with Crippen LogP contribution >= 0.6 is 0 Å². The minimum Gasteiger partial charge on any atom is -0.307 e. The number of rotatable bonds is 4. The van der Waals surface area contributed by atoms with E-state index in [1.54, 1.807) is 42.6 Å². The van der Waals surface area contributed by atoms with Crippen LogP contribution in [0.5, 0.6) is 0 Å². The summed E-state index contributed by atoms with van der Waals surface area (Å²) in [6.07, 6.45) is 4.19. The monoisotopic (exact) mass is 269 g/mol. The smallest absolute Gasteiger partial charge is 0.276 e. The van der Waals surface area contributed by atoms with E-state index in [1.807, 2.05) is 0 Å². The molecule has 0 aliphatic heterocycles. The Labute approximate surface area is 114 Å². The molecule has 100 valence electrons. The lowest BCUT2D eigenvalue weighted by Gasteiger charge is -2.00. The van der Waals surface area contributed by atoms with Crippen molar-refractivity contribution in [3.05, 3.63) is 70.4 Å². The molecule has 0 bridgehead atoms. The molecule has 2 rings (SSSR count). The van der Waals surface area contributed by atoms with Gasteiger partial charge in [-0.05, 0) is 24.3 Å². The zero-order valence-electron chi connectivity index (χ0n) is 10.4. The first-order chi connectivity index (χ1) is 9.66. The topological polar surface area (TPSA) is 85.1 Å². The molecule has 0 saturated heterocycles. The molecule has 2 aromatic rings. The Hall–Kier alpha value is -3.02. The summed E-state index contributed by atoms with van der Waals surface area (Å²) in [7, 11) is 0. The number of nitro groups is 1. The highest BCUT2D eigenvalue weighted by Crippen LogP contribution is 2.18. The molecule has 1 amide bonds. The average Bonchev–Trinajstić information content (AvgIpc) is 2.46. The van der Waals surface area contributed by atoms with Gasteiger partial charge in [-0.2, -0.15) is 0 Å². The number of para-hydroxylation sites is 1. The van der Waals surface area contributed by atoms with Crippen molar-refractivity contribution in [2.24, 2.45) is 0 Å². The second-order valence-corrected chi connectivity index (χ2v) is 3.85. The Morgan fingerprint density at radius 2 is 1.95 bits per heavy atom. The van der Waals surface area contributed by atoms with E-state index in [-0.39, 0.29) is 5.69 Å². The number of nitro benzene ring substituents is 1. The maximum absolute atomic E-state index is 11.7. The van der Waals surface area contributed by atoms with Gasteiger partial charge in [0.05, 0.1) is 10.5 Å². The van der Waals surface area contributed by atoms with Crippen LogP contribution in [0.25, 0.3) is 6.08 Å². The maximum atomic E-state index is 11.7. The average molecular weight is 269 g/mol. The van der Waals surface area contributed by atoms with E-state index in [0.717, 1.165) is 0 Å². The maximum Gasteiger partial charge on any atom is 0.276 e. The lowest BCUT2D eigenvalue weighted by molar-refractivity contribution is -0.385. The highest BCUT2D eigenvalue weighted by atomic mass is 16.6. The van der Waals surface area contributed by atoms with Crippen molar-refractivity contribution in [3.63, 3.8) is 0 Å². The van der Waals surface area contributed by atoms with Crippen LogP contribution < -0.4 is 5.32 Å². The second kappa shape index (κ2) is 6.24. The van der Waals surface area contributed by atoms with Crippen LogP contribution in [0.3, 0.4) is 0 Å². The van der Waals surface area contributed by atoms with Gasteiger partial charge < -0.3 is 5.32 Å². The van der Waals surface area contributed by atoms with Crippen LogP contribution in [-0.4, -0.2) is 15.8 Å². The van der Waals surface area contributed by atoms with E-state index in [1.165, 1.54) is 18.2 Å². The molecule has 0 aliphatic carbocycles. The Balaban J connectivity index is 2.10. The first-order valence-electron chi connectivity index (χ1n) is 5.80. The van der Waals surface area contributed by atoms with Crippen molar-refractivity contribution < 1.29 is 9.72 Å². The Kier molecular flexibility index (Phi) is 4.18. The minimum atomic E-state index is -0.490. The molecular formula is C14H11N3O3. The number of hydrogen-bond donors (Lipinski definition) is 1. The molecule has 0 radical (unpaired) electrons. The number of nitrogens with zero attached hydrogens (tertiary/aromatic N) is 2. The standard InChI is InChI=1S/C14H11N3O3/c18-14(16-13-7-3-4-10-15-13)9-8-11-5-1-2-6-12(11)17(19)20/h1-10H,(H,15,16,18). The van der Waals surface area contributed by atoms with Crippen molar-refractivity contribution in [2.75, 3.05) is 5.32 Å². The van der Waals surface area contributed by atoms with Crippen LogP contribution in [0.2, 0.25) is 0 Å². The number of aromatic nitrogens is 1. The highest BCUT2D eigenvalue weighted by Gasteiger charge is 2.09. The number of nitrogens with one attached hydrogen (secondary N) is 1. The highest BCUT2D eigenvalue weighted by molar-refractivity contribution is 6.01. The van der Waals surface area contributed by atoms with Crippen molar-refractivity contribution in [3.8, 4) is 0 Å². The van der Waals surface area contributed by atoms with Gasteiger partial charge in [0.2, 0.25) is 5.91 Å². The zero-order valence-corrected chi connectivity index (χ0v) is 10.4. The van der Waals surface area contributed by atoms with Crippen LogP contribution in [-0.2, 0) is 4.79 Å². The minimum absolute atomic E-state index is 0.0469. The summed E-state index contributed by atoms with van der Waals surface area (Å²) in [5.74, 6) is 0.0200. The number of carbonyl (C=O) groups is 1. The fourth-order valence-electron chi connectivity index (χ4n) is 1.56. The first kappa shape index (κ1) is 13.4. The van der Waals surface area contributed by atoms with E-state index in [0.29, 0.717) is 11.4 Å². The summed E-state index contributed by atoms with van der Waals surface area (Å²) in [4.78, 5) is 25.9. The summed E-state index contributed by atoms with van der Waals surface area (Å²) in [5, 5.41) is 13.4. The van der Waals surface area contributed by atoms with Gasteiger partial charge in [-0.3, -0.25) is 14.9 Å². The summed E-state index contributed by atoms with van der Waals surface area (Å²) >= 11 is 0. The molecule has 6 heteroatoms. The summed E-state index contributed by atoms with van der Waals surface area (Å²) < 4.78 is 0. The molecule has 1 N–H and O–H groups in total. The Bertz CT molecular complexity index is 654. The molecule has 1 heterocycles. The summed E-state index contributed by atoms with van der Waals surface area (Å²) in [6.45, 7) is 0. The Morgan fingerprint density at radius 1 is 1.20 bits per heavy atom. The molecule has 0 aliphatic rings. The summed E-state index contributed by atoms with van der Waals surface area (Å²) in [6, 6.07) is 11.3. The zero-order chi connectivity index (χ0) is 14.4. The SMILES string of the molecule is O=C(C=Cc1ccccc1[N+](=O)[O-])Nc1ccccn1. The van der Waals surface area contributed by atoms with Crippen molar-refractivity contribution >= 4 is 23.5 Å². The molecule has 0 unspecified atom stereocenters. The number of benzene rings is 1. The van der Waals surface area contributed by atoms with E-state index < -0.39 is 10.8 Å². The van der Waals surface area contributed by atoms with Crippen molar-refractivity contribution in [2.45, 2.75) is 0 Å². The number of anilines is 1. The fraction of sp³-hybridized carbons (Fsp3) is 0. The predicted octanol–water partition coefficient (Wildman–Crippen LogP) is 2.64. The van der Waals surface area contributed by atoms with Gasteiger partial charge in [-0.1, -0.05) is 18.2 Å². The molecule has 20 heavy (non-hydrogen) atoms. The lowest BCUT2D eigenvalue weighted by Crippen LogP contribution is -2.08. The quantitative estimate of drug-likeness (QED) is 0.525. The molecule has 0 atom stereocenters. The largest absolute Gasteiger partial charge is 0.307 e.